The van der Waals surface area contributed by atoms with Gasteiger partial charge in [0.25, 0.3) is 0 Å². The minimum absolute atomic E-state index is 0.0335. The topological polar surface area (TPSA) is 36.3 Å². The zero-order valence-corrected chi connectivity index (χ0v) is 14.7. The summed E-state index contributed by atoms with van der Waals surface area (Å²) in [6.07, 6.45) is 0. The van der Waals surface area contributed by atoms with E-state index in [-0.39, 0.29) is 32.9 Å². The highest BCUT2D eigenvalue weighted by Crippen LogP contribution is 2.40. The molecule has 0 bridgehead atoms. The van der Waals surface area contributed by atoms with E-state index in [1.165, 1.54) is 13.1 Å². The lowest BCUT2D eigenvalue weighted by atomic mass is 10.1. The molecule has 0 amide bonds. The molecular formula is C17H11Cl2F3N2O2. The first-order chi connectivity index (χ1) is 12.4. The number of aromatic nitrogens is 2. The maximum absolute atomic E-state index is 14.4. The fourth-order valence-electron chi connectivity index (χ4n) is 2.27. The van der Waals surface area contributed by atoms with E-state index in [1.807, 2.05) is 6.07 Å². The van der Waals surface area contributed by atoms with Gasteiger partial charge in [0.15, 0.2) is 0 Å². The summed E-state index contributed by atoms with van der Waals surface area (Å²) in [6.45, 7) is -3.09. The zero-order chi connectivity index (χ0) is 18.8. The third-order valence-electron chi connectivity index (χ3n) is 3.39. The summed E-state index contributed by atoms with van der Waals surface area (Å²) in [5.74, 6) is -0.469. The van der Waals surface area contributed by atoms with Crippen molar-refractivity contribution in [1.29, 1.82) is 0 Å². The molecule has 9 heteroatoms. The van der Waals surface area contributed by atoms with Crippen molar-refractivity contribution in [3.8, 4) is 28.6 Å². The van der Waals surface area contributed by atoms with Gasteiger partial charge in [-0.15, -0.1) is 0 Å². The van der Waals surface area contributed by atoms with Crippen molar-refractivity contribution in [2.45, 2.75) is 6.61 Å². The molecule has 136 valence electrons. The Morgan fingerprint density at radius 1 is 1.12 bits per heavy atom. The number of ether oxygens (including phenoxy) is 2. The molecule has 0 aliphatic carbocycles. The van der Waals surface area contributed by atoms with Gasteiger partial charge < -0.3 is 9.47 Å². The number of hydrogen-bond acceptors (Lipinski definition) is 3. The molecule has 0 spiro atoms. The lowest BCUT2D eigenvalue weighted by molar-refractivity contribution is -0.0552. The Bertz CT molecular complexity index is 934. The number of benzene rings is 2. The molecule has 0 aliphatic rings. The van der Waals surface area contributed by atoms with Crippen molar-refractivity contribution in [3.05, 3.63) is 58.3 Å². The van der Waals surface area contributed by atoms with Crippen LogP contribution < -0.4 is 9.47 Å². The van der Waals surface area contributed by atoms with Crippen molar-refractivity contribution in [2.24, 2.45) is 7.05 Å². The summed E-state index contributed by atoms with van der Waals surface area (Å²) < 4.78 is 50.4. The number of para-hydroxylation sites is 1. The molecule has 4 nitrogen and oxygen atoms in total. The fraction of sp³-hybridized carbons (Fsp3) is 0.118. The summed E-state index contributed by atoms with van der Waals surface area (Å²) in [7, 11) is 1.35. The van der Waals surface area contributed by atoms with Crippen LogP contribution in [0.4, 0.5) is 13.2 Å². The minimum atomic E-state index is -3.09. The molecule has 0 fully saturated rings. The Balaban J connectivity index is 2.04. The van der Waals surface area contributed by atoms with E-state index in [4.69, 9.17) is 27.9 Å². The van der Waals surface area contributed by atoms with Gasteiger partial charge in [0.05, 0.1) is 5.02 Å². The van der Waals surface area contributed by atoms with Gasteiger partial charge in [-0.3, -0.25) is 0 Å². The van der Waals surface area contributed by atoms with Gasteiger partial charge >= 0.3 is 6.61 Å². The monoisotopic (exact) mass is 402 g/mol. The maximum atomic E-state index is 14.4. The van der Waals surface area contributed by atoms with E-state index < -0.39 is 12.4 Å². The van der Waals surface area contributed by atoms with Crippen molar-refractivity contribution in [2.75, 3.05) is 0 Å². The quantitative estimate of drug-likeness (QED) is 0.530. The van der Waals surface area contributed by atoms with Crippen LogP contribution in [0, 0.1) is 5.82 Å². The third-order valence-corrected chi connectivity index (χ3v) is 4.02. The van der Waals surface area contributed by atoms with Crippen LogP contribution in [-0.4, -0.2) is 16.4 Å². The van der Waals surface area contributed by atoms with Gasteiger partial charge in [0.1, 0.15) is 28.0 Å². The first-order valence-electron chi connectivity index (χ1n) is 7.26. The van der Waals surface area contributed by atoms with Crippen LogP contribution in [0.15, 0.2) is 42.5 Å². The molecule has 0 unspecified atom stereocenters. The van der Waals surface area contributed by atoms with Crippen LogP contribution in [-0.2, 0) is 7.05 Å². The second-order valence-electron chi connectivity index (χ2n) is 5.15. The number of hydrogen-bond donors (Lipinski definition) is 0. The summed E-state index contributed by atoms with van der Waals surface area (Å²) in [4.78, 5) is 0. The van der Waals surface area contributed by atoms with Crippen LogP contribution in [0.5, 0.6) is 17.4 Å². The van der Waals surface area contributed by atoms with Gasteiger partial charge in [-0.2, -0.15) is 13.9 Å². The highest BCUT2D eigenvalue weighted by molar-refractivity contribution is 6.34. The van der Waals surface area contributed by atoms with Crippen LogP contribution >= 0.6 is 23.2 Å². The lowest BCUT2D eigenvalue weighted by Gasteiger charge is -2.10. The predicted molar refractivity (Wildman–Crippen MR) is 91.8 cm³/mol. The van der Waals surface area contributed by atoms with E-state index >= 15 is 0 Å². The van der Waals surface area contributed by atoms with E-state index in [0.717, 1.165) is 10.7 Å². The van der Waals surface area contributed by atoms with Crippen LogP contribution in [0.25, 0.3) is 11.3 Å². The van der Waals surface area contributed by atoms with E-state index in [2.05, 4.69) is 9.84 Å². The summed E-state index contributed by atoms with van der Waals surface area (Å²) in [5, 5.41) is 3.74. The van der Waals surface area contributed by atoms with Gasteiger partial charge in [-0.05, 0) is 24.3 Å². The SMILES string of the molecule is Cn1nc(-c2cc(Oc3ccccc3)c(Cl)cc2F)c(Cl)c1OC(F)F. The normalized spacial score (nSPS) is 11.0. The molecule has 3 aromatic rings. The van der Waals surface area contributed by atoms with Crippen LogP contribution in [0.3, 0.4) is 0 Å². The summed E-state index contributed by atoms with van der Waals surface area (Å²) >= 11 is 12.1. The summed E-state index contributed by atoms with van der Waals surface area (Å²) in [5.41, 5.74) is -0.137. The molecule has 0 saturated carbocycles. The molecular weight excluding hydrogens is 392 g/mol. The largest absolute Gasteiger partial charge is 0.456 e. The van der Waals surface area contributed by atoms with Gasteiger partial charge in [0.2, 0.25) is 5.88 Å². The van der Waals surface area contributed by atoms with Crippen molar-refractivity contribution in [1.82, 2.24) is 9.78 Å². The number of aryl methyl sites for hydroxylation is 1. The van der Waals surface area contributed by atoms with Gasteiger partial charge in [-0.1, -0.05) is 41.4 Å². The van der Waals surface area contributed by atoms with Gasteiger partial charge in [-0.25, -0.2) is 9.07 Å². The first-order valence-corrected chi connectivity index (χ1v) is 8.02. The molecule has 2 aromatic carbocycles. The van der Waals surface area contributed by atoms with Crippen molar-refractivity contribution >= 4 is 23.2 Å². The average molecular weight is 403 g/mol. The summed E-state index contributed by atoms with van der Waals surface area (Å²) in [6, 6.07) is 11.1. The molecule has 0 saturated heterocycles. The Hall–Kier alpha value is -2.38. The number of nitrogens with zero attached hydrogens (tertiary/aromatic N) is 2. The fourth-order valence-corrected chi connectivity index (χ4v) is 2.77. The maximum Gasteiger partial charge on any atom is 0.388 e. The molecule has 0 N–H and O–H groups in total. The van der Waals surface area contributed by atoms with E-state index in [9.17, 15) is 13.2 Å². The number of alkyl halides is 2. The average Bonchev–Trinajstić information content (AvgIpc) is 2.86. The van der Waals surface area contributed by atoms with Crippen molar-refractivity contribution < 1.29 is 22.6 Å². The predicted octanol–water partition coefficient (Wildman–Crippen LogP) is 5.93. The Morgan fingerprint density at radius 2 is 1.81 bits per heavy atom. The zero-order valence-electron chi connectivity index (χ0n) is 13.2. The standard InChI is InChI=1S/C17H11Cl2F3N2O2/c1-24-16(26-17(21)22)14(19)15(23-24)10-7-13(11(18)8-12(10)20)25-9-5-3-2-4-6-9/h2-8,17H,1H3. The highest BCUT2D eigenvalue weighted by atomic mass is 35.5. The molecule has 0 aliphatic heterocycles. The highest BCUT2D eigenvalue weighted by Gasteiger charge is 2.23. The molecule has 1 heterocycles. The van der Waals surface area contributed by atoms with Crippen LogP contribution in [0.1, 0.15) is 0 Å². The molecule has 3 rings (SSSR count). The molecule has 26 heavy (non-hydrogen) atoms. The van der Waals surface area contributed by atoms with E-state index in [0.29, 0.717) is 5.75 Å². The van der Waals surface area contributed by atoms with E-state index in [1.54, 1.807) is 24.3 Å². The minimum Gasteiger partial charge on any atom is -0.456 e. The smallest absolute Gasteiger partial charge is 0.388 e. The Morgan fingerprint density at radius 3 is 2.46 bits per heavy atom. The van der Waals surface area contributed by atoms with Crippen LogP contribution in [0.2, 0.25) is 10.0 Å². The number of halogens is 5. The van der Waals surface area contributed by atoms with Crippen molar-refractivity contribution in [3.63, 3.8) is 0 Å². The Labute approximate surface area is 156 Å². The lowest BCUT2D eigenvalue weighted by Crippen LogP contribution is -2.06. The molecule has 1 aromatic heterocycles. The number of rotatable bonds is 5. The second kappa shape index (κ2) is 7.47. The first kappa shape index (κ1) is 18.4. The third kappa shape index (κ3) is 3.73. The van der Waals surface area contributed by atoms with Gasteiger partial charge in [0, 0.05) is 12.6 Å². The molecule has 0 atom stereocenters. The Kier molecular flexibility index (Phi) is 5.29. The molecule has 0 radical (unpaired) electrons. The second-order valence-corrected chi connectivity index (χ2v) is 5.93.